The zero-order valence-corrected chi connectivity index (χ0v) is 13.9. The largest absolute Gasteiger partial charge is 0.479 e. The van der Waals surface area contributed by atoms with E-state index in [9.17, 15) is 19.7 Å². The van der Waals surface area contributed by atoms with Crippen LogP contribution < -0.4 is 15.8 Å². The Kier molecular flexibility index (Phi) is 5.37. The van der Waals surface area contributed by atoms with Crippen LogP contribution in [0.25, 0.3) is 0 Å². The van der Waals surface area contributed by atoms with Gasteiger partial charge in [-0.3, -0.25) is 19.7 Å². The summed E-state index contributed by atoms with van der Waals surface area (Å²) >= 11 is 7.06. The van der Waals surface area contributed by atoms with Crippen molar-refractivity contribution in [3.63, 3.8) is 0 Å². The predicted octanol–water partition coefficient (Wildman–Crippen LogP) is 2.81. The lowest BCUT2D eigenvalue weighted by Gasteiger charge is -2.15. The summed E-state index contributed by atoms with van der Waals surface area (Å²) in [6.07, 6.45) is -0.952. The summed E-state index contributed by atoms with van der Waals surface area (Å²) in [5.74, 6) is -1.04. The van der Waals surface area contributed by atoms with Crippen molar-refractivity contribution >= 4 is 45.4 Å². The van der Waals surface area contributed by atoms with Crippen molar-refractivity contribution in [3.8, 4) is 5.75 Å². The second-order valence-corrected chi connectivity index (χ2v) is 5.97. The number of anilines is 1. The Balaban J connectivity index is 2.08. The molecule has 126 valence electrons. The topological polar surface area (TPSA) is 125 Å². The molecule has 0 aliphatic heterocycles. The number of nitrogens with zero attached hydrogens (tertiary/aromatic N) is 1. The van der Waals surface area contributed by atoms with Crippen LogP contribution in [0.15, 0.2) is 29.6 Å². The van der Waals surface area contributed by atoms with Crippen molar-refractivity contribution in [1.82, 2.24) is 0 Å². The second kappa shape index (κ2) is 7.28. The number of benzene rings is 1. The maximum Gasteiger partial charge on any atom is 0.271 e. The Morgan fingerprint density at radius 2 is 2.12 bits per heavy atom. The molecule has 2 aromatic rings. The van der Waals surface area contributed by atoms with Crippen molar-refractivity contribution in [2.24, 2.45) is 5.73 Å². The number of nitrogens with two attached hydrogens (primary N) is 1. The third-order valence-electron chi connectivity index (χ3n) is 2.97. The zero-order valence-electron chi connectivity index (χ0n) is 12.3. The number of carbonyl (C=O) groups excluding carboxylic acids is 2. The van der Waals surface area contributed by atoms with Gasteiger partial charge >= 0.3 is 0 Å². The van der Waals surface area contributed by atoms with Gasteiger partial charge in [0.15, 0.2) is 6.10 Å². The molecule has 0 saturated carbocycles. The number of nitrogens with one attached hydrogen (secondary N) is 1. The smallest absolute Gasteiger partial charge is 0.271 e. The van der Waals surface area contributed by atoms with Gasteiger partial charge in [-0.05, 0) is 24.4 Å². The van der Waals surface area contributed by atoms with Crippen LogP contribution in [0, 0.1) is 10.1 Å². The van der Waals surface area contributed by atoms with Crippen LogP contribution in [-0.4, -0.2) is 22.8 Å². The van der Waals surface area contributed by atoms with E-state index in [1.807, 2.05) is 0 Å². The molecule has 0 aliphatic rings. The molecule has 1 atom stereocenters. The van der Waals surface area contributed by atoms with Crippen LogP contribution in [0.4, 0.5) is 10.7 Å². The summed E-state index contributed by atoms with van der Waals surface area (Å²) in [5.41, 5.74) is 5.22. The molecule has 3 N–H and O–H groups in total. The molecule has 0 radical (unpaired) electrons. The Hall–Kier alpha value is -2.65. The summed E-state index contributed by atoms with van der Waals surface area (Å²) in [6.45, 7) is 1.48. The van der Waals surface area contributed by atoms with Gasteiger partial charge in [0, 0.05) is 12.1 Å². The summed E-state index contributed by atoms with van der Waals surface area (Å²) in [4.78, 5) is 33.4. The van der Waals surface area contributed by atoms with E-state index in [2.05, 4.69) is 5.32 Å². The van der Waals surface area contributed by atoms with Gasteiger partial charge in [0.05, 0.1) is 15.5 Å². The number of hydrogen-bond acceptors (Lipinski definition) is 6. The number of amides is 2. The maximum absolute atomic E-state index is 12.1. The van der Waals surface area contributed by atoms with E-state index >= 15 is 0 Å². The molecule has 2 rings (SSSR count). The molecule has 1 aromatic heterocycles. The van der Waals surface area contributed by atoms with E-state index in [1.54, 1.807) is 5.38 Å². The number of rotatable bonds is 6. The van der Waals surface area contributed by atoms with Crippen molar-refractivity contribution in [2.45, 2.75) is 13.0 Å². The van der Waals surface area contributed by atoms with Crippen molar-refractivity contribution < 1.29 is 19.2 Å². The first-order chi connectivity index (χ1) is 11.3. The van der Waals surface area contributed by atoms with Crippen molar-refractivity contribution in [1.29, 1.82) is 0 Å². The van der Waals surface area contributed by atoms with E-state index in [-0.39, 0.29) is 22.0 Å². The molecule has 1 heterocycles. The molecule has 24 heavy (non-hydrogen) atoms. The van der Waals surface area contributed by atoms with Gasteiger partial charge in [0.2, 0.25) is 0 Å². The fourth-order valence-corrected chi connectivity index (χ4v) is 2.77. The molecule has 8 nitrogen and oxygen atoms in total. The first-order valence-electron chi connectivity index (χ1n) is 6.58. The monoisotopic (exact) mass is 369 g/mol. The zero-order chi connectivity index (χ0) is 17.9. The van der Waals surface area contributed by atoms with Gasteiger partial charge in [-0.25, -0.2) is 0 Å². The van der Waals surface area contributed by atoms with Crippen molar-refractivity contribution in [3.05, 3.63) is 50.3 Å². The molecule has 0 fully saturated rings. The number of ether oxygens (including phenoxy) is 1. The fourth-order valence-electron chi connectivity index (χ4n) is 1.76. The number of non-ortho nitro benzene ring substituents is 1. The Bertz CT molecular complexity index is 807. The number of primary amides is 1. The van der Waals surface area contributed by atoms with Gasteiger partial charge in [-0.1, -0.05) is 11.6 Å². The molecular weight excluding hydrogens is 358 g/mol. The van der Waals surface area contributed by atoms with E-state index in [1.165, 1.54) is 25.1 Å². The molecule has 0 saturated heterocycles. The Labute approximate surface area is 145 Å². The third-order valence-corrected chi connectivity index (χ3v) is 4.09. The number of nitro benzene ring substituents is 1. The highest BCUT2D eigenvalue weighted by Crippen LogP contribution is 2.30. The minimum absolute atomic E-state index is 0.0119. The molecule has 2 amide bonds. The van der Waals surface area contributed by atoms with E-state index in [4.69, 9.17) is 22.1 Å². The third kappa shape index (κ3) is 4.00. The van der Waals surface area contributed by atoms with Crippen LogP contribution >= 0.6 is 22.9 Å². The van der Waals surface area contributed by atoms with Crippen LogP contribution in [0.1, 0.15) is 17.3 Å². The quantitative estimate of drug-likeness (QED) is 0.598. The fraction of sp³-hybridized carbons (Fsp3) is 0.143. The van der Waals surface area contributed by atoms with E-state index in [0.717, 1.165) is 17.4 Å². The minimum Gasteiger partial charge on any atom is -0.479 e. The number of nitro groups is 1. The van der Waals surface area contributed by atoms with E-state index < -0.39 is 22.8 Å². The lowest BCUT2D eigenvalue weighted by molar-refractivity contribution is -0.384. The lowest BCUT2D eigenvalue weighted by Crippen LogP contribution is -2.30. The number of halogens is 1. The standard InChI is InChI=1S/C14H12ClN3O5S/c1-7(13(20)17-14-9(12(16)19)4-5-24-14)23-11-3-2-8(18(21)22)6-10(11)15/h2-7H,1H3,(H2,16,19)(H,17,20)/t7-/m1/s1. The van der Waals surface area contributed by atoms with Gasteiger partial charge in [-0.15, -0.1) is 11.3 Å². The van der Waals surface area contributed by atoms with Crippen LogP contribution in [0.3, 0.4) is 0 Å². The number of carbonyl (C=O) groups is 2. The van der Waals surface area contributed by atoms with E-state index in [0.29, 0.717) is 5.00 Å². The summed E-state index contributed by atoms with van der Waals surface area (Å²) in [7, 11) is 0. The maximum atomic E-state index is 12.1. The number of hydrogen-bond donors (Lipinski definition) is 2. The highest BCUT2D eigenvalue weighted by atomic mass is 35.5. The first-order valence-corrected chi connectivity index (χ1v) is 7.84. The molecule has 0 spiro atoms. The van der Waals surface area contributed by atoms with Crippen LogP contribution in [0.2, 0.25) is 5.02 Å². The normalized spacial score (nSPS) is 11.6. The molecule has 10 heteroatoms. The molecule has 0 aliphatic carbocycles. The SMILES string of the molecule is C[C@@H](Oc1ccc([N+](=O)[O-])cc1Cl)C(=O)Nc1sccc1C(N)=O. The van der Waals surface area contributed by atoms with Crippen LogP contribution in [-0.2, 0) is 4.79 Å². The Morgan fingerprint density at radius 3 is 2.71 bits per heavy atom. The first kappa shape index (κ1) is 17.7. The van der Waals surface area contributed by atoms with Crippen LogP contribution in [0.5, 0.6) is 5.75 Å². The molecular formula is C14H12ClN3O5S. The van der Waals surface area contributed by atoms with Gasteiger partial charge < -0.3 is 15.8 Å². The lowest BCUT2D eigenvalue weighted by atomic mass is 10.3. The average Bonchev–Trinajstić information content (AvgIpc) is 2.97. The average molecular weight is 370 g/mol. The predicted molar refractivity (Wildman–Crippen MR) is 89.7 cm³/mol. The highest BCUT2D eigenvalue weighted by Gasteiger charge is 2.20. The summed E-state index contributed by atoms with van der Waals surface area (Å²) < 4.78 is 5.41. The van der Waals surface area contributed by atoms with Gasteiger partial charge in [0.25, 0.3) is 17.5 Å². The van der Waals surface area contributed by atoms with Gasteiger partial charge in [0.1, 0.15) is 10.8 Å². The summed E-state index contributed by atoms with van der Waals surface area (Å²) in [5, 5.41) is 15.2. The minimum atomic E-state index is -0.952. The second-order valence-electron chi connectivity index (χ2n) is 4.65. The molecule has 0 unspecified atom stereocenters. The Morgan fingerprint density at radius 1 is 1.42 bits per heavy atom. The number of thiophene rings is 1. The summed E-state index contributed by atoms with van der Waals surface area (Å²) in [6, 6.07) is 5.16. The molecule has 0 bridgehead atoms. The van der Waals surface area contributed by atoms with Crippen molar-refractivity contribution in [2.75, 3.05) is 5.32 Å². The molecule has 1 aromatic carbocycles. The highest BCUT2D eigenvalue weighted by molar-refractivity contribution is 7.14. The van der Waals surface area contributed by atoms with Gasteiger partial charge in [-0.2, -0.15) is 0 Å².